The van der Waals surface area contributed by atoms with Crippen molar-refractivity contribution in [1.82, 2.24) is 9.80 Å². The maximum Gasteiger partial charge on any atom is 0.417 e. The van der Waals surface area contributed by atoms with Gasteiger partial charge in [0.15, 0.2) is 6.61 Å². The number of nitrogens with zero attached hydrogens (tertiary/aromatic N) is 2. The van der Waals surface area contributed by atoms with Gasteiger partial charge in [0.2, 0.25) is 5.91 Å². The number of likely N-dealkylation sites (tertiary alicyclic amines) is 1. The topological polar surface area (TPSA) is 66.9 Å². The second-order valence-corrected chi connectivity index (χ2v) is 7.91. The van der Waals surface area contributed by atoms with Gasteiger partial charge in [-0.3, -0.25) is 9.59 Å². The molecule has 3 amide bonds. The molecule has 6 nitrogen and oxygen atoms in total. The van der Waals surface area contributed by atoms with Gasteiger partial charge in [-0.05, 0) is 17.7 Å². The molecule has 24 heavy (non-hydrogen) atoms. The molecule has 2 heterocycles. The highest BCUT2D eigenvalue weighted by Gasteiger charge is 2.44. The first-order valence-corrected chi connectivity index (χ1v) is 8.84. The minimum atomic E-state index is -0.602. The van der Waals surface area contributed by atoms with Crippen molar-refractivity contribution < 1.29 is 19.1 Å². The number of rotatable bonds is 5. The van der Waals surface area contributed by atoms with Gasteiger partial charge >= 0.3 is 6.09 Å². The van der Waals surface area contributed by atoms with E-state index in [-0.39, 0.29) is 24.5 Å². The fourth-order valence-electron chi connectivity index (χ4n) is 2.78. The molecule has 0 saturated carbocycles. The molecule has 2 aliphatic heterocycles. The average molecular weight is 348 g/mol. The normalized spacial score (nSPS) is 18.1. The van der Waals surface area contributed by atoms with Gasteiger partial charge in [-0.1, -0.05) is 26.0 Å². The standard InChI is InChI=1S/C17H20N2O4S/c1-11(2)24-14-5-3-12(4-6-14)7-15(20)18-8-13(9-18)19-16(21)10-23-17(19)22/h3-6,11,13H,7-10H2,1-2H3. The van der Waals surface area contributed by atoms with Crippen molar-refractivity contribution in [3.63, 3.8) is 0 Å². The Morgan fingerprint density at radius 2 is 1.92 bits per heavy atom. The molecule has 2 fully saturated rings. The summed E-state index contributed by atoms with van der Waals surface area (Å²) < 4.78 is 4.70. The van der Waals surface area contributed by atoms with E-state index in [9.17, 15) is 14.4 Å². The quantitative estimate of drug-likeness (QED) is 0.761. The molecule has 0 aliphatic carbocycles. The van der Waals surface area contributed by atoms with Crippen molar-refractivity contribution in [2.24, 2.45) is 0 Å². The van der Waals surface area contributed by atoms with Crippen LogP contribution in [0.2, 0.25) is 0 Å². The van der Waals surface area contributed by atoms with Crippen LogP contribution in [0, 0.1) is 0 Å². The molecule has 2 saturated heterocycles. The van der Waals surface area contributed by atoms with Crippen LogP contribution in [-0.2, 0) is 20.7 Å². The van der Waals surface area contributed by atoms with Gasteiger partial charge < -0.3 is 9.64 Å². The van der Waals surface area contributed by atoms with E-state index in [1.165, 1.54) is 4.90 Å². The molecule has 7 heteroatoms. The third-order valence-electron chi connectivity index (χ3n) is 4.02. The Bertz CT molecular complexity index is 637. The van der Waals surface area contributed by atoms with E-state index in [0.29, 0.717) is 24.8 Å². The zero-order valence-corrected chi connectivity index (χ0v) is 14.5. The summed E-state index contributed by atoms with van der Waals surface area (Å²) in [7, 11) is 0. The SMILES string of the molecule is CC(C)Sc1ccc(CC(=O)N2CC(N3C(=O)COC3=O)C2)cc1. The Balaban J connectivity index is 1.50. The molecular formula is C17H20N2O4S. The number of amides is 3. The highest BCUT2D eigenvalue weighted by molar-refractivity contribution is 7.99. The van der Waals surface area contributed by atoms with Crippen LogP contribution in [0.25, 0.3) is 0 Å². The summed E-state index contributed by atoms with van der Waals surface area (Å²) in [6, 6.07) is 7.76. The Hall–Kier alpha value is -2.02. The number of thioether (sulfide) groups is 1. The van der Waals surface area contributed by atoms with Gasteiger partial charge in [0.05, 0.1) is 12.5 Å². The van der Waals surface area contributed by atoms with Gasteiger partial charge in [-0.15, -0.1) is 11.8 Å². The maximum absolute atomic E-state index is 12.3. The molecule has 1 aromatic rings. The lowest BCUT2D eigenvalue weighted by Crippen LogP contribution is -2.62. The molecule has 0 aromatic heterocycles. The minimum Gasteiger partial charge on any atom is -0.439 e. The van der Waals surface area contributed by atoms with Crippen LogP contribution in [-0.4, -0.2) is 58.7 Å². The highest BCUT2D eigenvalue weighted by atomic mass is 32.2. The number of carbonyl (C=O) groups excluding carboxylic acids is 3. The van der Waals surface area contributed by atoms with Gasteiger partial charge in [0.25, 0.3) is 5.91 Å². The van der Waals surface area contributed by atoms with E-state index < -0.39 is 6.09 Å². The van der Waals surface area contributed by atoms with Crippen molar-refractivity contribution >= 4 is 29.7 Å². The van der Waals surface area contributed by atoms with Crippen LogP contribution in [0.4, 0.5) is 4.79 Å². The van der Waals surface area contributed by atoms with E-state index in [2.05, 4.69) is 13.8 Å². The minimum absolute atomic E-state index is 0.00975. The third kappa shape index (κ3) is 3.56. The molecule has 0 spiro atoms. The molecule has 128 valence electrons. The molecule has 0 unspecified atom stereocenters. The molecule has 0 bridgehead atoms. The van der Waals surface area contributed by atoms with Gasteiger partial charge in [-0.25, -0.2) is 9.69 Å². The van der Waals surface area contributed by atoms with Crippen molar-refractivity contribution in [3.8, 4) is 0 Å². The van der Waals surface area contributed by atoms with Crippen molar-refractivity contribution in [3.05, 3.63) is 29.8 Å². The Morgan fingerprint density at radius 3 is 2.46 bits per heavy atom. The second kappa shape index (κ2) is 6.84. The number of benzene rings is 1. The summed E-state index contributed by atoms with van der Waals surface area (Å²) in [6.07, 6.45) is -0.270. The predicted molar refractivity (Wildman–Crippen MR) is 89.7 cm³/mol. The molecule has 2 aliphatic rings. The lowest BCUT2D eigenvalue weighted by molar-refractivity contribution is -0.141. The van der Waals surface area contributed by atoms with Crippen molar-refractivity contribution in [1.29, 1.82) is 0 Å². The molecule has 1 aromatic carbocycles. The number of hydrogen-bond donors (Lipinski definition) is 0. The van der Waals surface area contributed by atoms with E-state index in [4.69, 9.17) is 4.74 Å². The van der Waals surface area contributed by atoms with Crippen LogP contribution in [0.1, 0.15) is 19.4 Å². The number of cyclic esters (lactones) is 1. The van der Waals surface area contributed by atoms with Crippen molar-refractivity contribution in [2.75, 3.05) is 19.7 Å². The first kappa shape index (κ1) is 16.8. The lowest BCUT2D eigenvalue weighted by atomic mass is 10.0. The zero-order chi connectivity index (χ0) is 17.3. The van der Waals surface area contributed by atoms with E-state index >= 15 is 0 Å². The molecular weight excluding hydrogens is 328 g/mol. The fourth-order valence-corrected chi connectivity index (χ4v) is 3.62. The van der Waals surface area contributed by atoms with Gasteiger partial charge in [0, 0.05) is 23.2 Å². The summed E-state index contributed by atoms with van der Waals surface area (Å²) in [5, 5.41) is 0.524. The predicted octanol–water partition coefficient (Wildman–Crippen LogP) is 1.92. The van der Waals surface area contributed by atoms with E-state index in [1.807, 2.05) is 24.3 Å². The van der Waals surface area contributed by atoms with E-state index in [0.717, 1.165) is 10.5 Å². The second-order valence-electron chi connectivity index (χ2n) is 6.26. The summed E-state index contributed by atoms with van der Waals surface area (Å²) in [5.41, 5.74) is 0.966. The highest BCUT2D eigenvalue weighted by Crippen LogP contribution is 2.24. The largest absolute Gasteiger partial charge is 0.439 e. The van der Waals surface area contributed by atoms with Gasteiger partial charge in [-0.2, -0.15) is 0 Å². The first-order chi connectivity index (χ1) is 11.4. The fraction of sp³-hybridized carbons (Fsp3) is 0.471. The average Bonchev–Trinajstić information content (AvgIpc) is 2.79. The monoisotopic (exact) mass is 348 g/mol. The number of ether oxygens (including phenoxy) is 1. The maximum atomic E-state index is 12.3. The summed E-state index contributed by atoms with van der Waals surface area (Å²) >= 11 is 1.79. The van der Waals surface area contributed by atoms with Crippen molar-refractivity contribution in [2.45, 2.75) is 36.5 Å². The van der Waals surface area contributed by atoms with Crippen LogP contribution >= 0.6 is 11.8 Å². The summed E-state index contributed by atoms with van der Waals surface area (Å²) in [5.74, 6) is -0.314. The Kier molecular flexibility index (Phi) is 4.80. The first-order valence-electron chi connectivity index (χ1n) is 7.96. The Morgan fingerprint density at radius 1 is 1.25 bits per heavy atom. The summed E-state index contributed by atoms with van der Waals surface area (Å²) in [6.45, 7) is 4.87. The lowest BCUT2D eigenvalue weighted by Gasteiger charge is -2.42. The summed E-state index contributed by atoms with van der Waals surface area (Å²) in [4.78, 5) is 39.3. The third-order valence-corrected chi connectivity index (χ3v) is 5.03. The van der Waals surface area contributed by atoms with Crippen LogP contribution < -0.4 is 0 Å². The molecule has 3 rings (SSSR count). The number of hydrogen-bond acceptors (Lipinski definition) is 5. The Labute approximate surface area is 145 Å². The van der Waals surface area contributed by atoms with Crippen LogP contribution in [0.3, 0.4) is 0 Å². The zero-order valence-electron chi connectivity index (χ0n) is 13.7. The van der Waals surface area contributed by atoms with Crippen LogP contribution in [0.5, 0.6) is 0 Å². The molecule has 0 radical (unpaired) electrons. The molecule has 0 N–H and O–H groups in total. The van der Waals surface area contributed by atoms with E-state index in [1.54, 1.807) is 16.7 Å². The number of imide groups is 1. The number of carbonyl (C=O) groups is 3. The van der Waals surface area contributed by atoms with Crippen LogP contribution in [0.15, 0.2) is 29.2 Å². The smallest absolute Gasteiger partial charge is 0.417 e. The molecule has 0 atom stereocenters. The van der Waals surface area contributed by atoms with Gasteiger partial charge in [0.1, 0.15) is 0 Å².